The lowest BCUT2D eigenvalue weighted by Crippen LogP contribution is -2.31. The summed E-state index contributed by atoms with van der Waals surface area (Å²) in [6.45, 7) is 4.79. The van der Waals surface area contributed by atoms with Crippen molar-refractivity contribution in [1.29, 1.82) is 0 Å². The Labute approximate surface area is 121 Å². The number of rotatable bonds is 2. The molecule has 1 aliphatic heterocycles. The third-order valence-electron chi connectivity index (χ3n) is 3.83. The predicted molar refractivity (Wildman–Crippen MR) is 72.0 cm³/mol. The van der Waals surface area contributed by atoms with Crippen LogP contribution in [0.3, 0.4) is 0 Å². The van der Waals surface area contributed by atoms with E-state index in [1.54, 1.807) is 0 Å². The van der Waals surface area contributed by atoms with Crippen molar-refractivity contribution in [2.24, 2.45) is 17.0 Å². The molecule has 0 saturated carbocycles. The summed E-state index contributed by atoms with van der Waals surface area (Å²) >= 11 is 0. The Balaban J connectivity index is 2.48. The van der Waals surface area contributed by atoms with E-state index >= 15 is 0 Å². The summed E-state index contributed by atoms with van der Waals surface area (Å²) in [5.41, 5.74) is -0.433. The van der Waals surface area contributed by atoms with Gasteiger partial charge in [0.15, 0.2) is 11.6 Å². The molecule has 1 fully saturated rings. The number of hydrogen-bond acceptors (Lipinski definition) is 3. The van der Waals surface area contributed by atoms with Gasteiger partial charge in [-0.05, 0) is 24.0 Å². The van der Waals surface area contributed by atoms with Gasteiger partial charge >= 0.3 is 0 Å². The van der Waals surface area contributed by atoms with Crippen LogP contribution in [0.4, 0.5) is 8.78 Å². The Morgan fingerprint density at radius 3 is 2.14 bits per heavy atom. The number of halogens is 2. The molecule has 0 aromatic heterocycles. The van der Waals surface area contributed by atoms with Gasteiger partial charge in [-0.25, -0.2) is 22.3 Å². The minimum Gasteiger partial charge on any atom is -0.338 e. The lowest BCUT2D eigenvalue weighted by molar-refractivity contribution is 0.0780. The highest BCUT2D eigenvalue weighted by Crippen LogP contribution is 2.26. The van der Waals surface area contributed by atoms with Crippen molar-refractivity contribution >= 4 is 15.9 Å². The monoisotopic (exact) mass is 318 g/mol. The van der Waals surface area contributed by atoms with Gasteiger partial charge in [-0.15, -0.1) is 0 Å². The minimum absolute atomic E-state index is 0.247. The molecule has 1 heterocycles. The summed E-state index contributed by atoms with van der Waals surface area (Å²) < 4.78 is 49.6. The summed E-state index contributed by atoms with van der Waals surface area (Å²) in [6, 6.07) is 1.03. The number of hydrogen-bond donors (Lipinski definition) is 1. The summed E-state index contributed by atoms with van der Waals surface area (Å²) in [4.78, 5) is 13.1. The van der Waals surface area contributed by atoms with E-state index in [2.05, 4.69) is 0 Å². The molecule has 5 nitrogen and oxygen atoms in total. The van der Waals surface area contributed by atoms with Crippen LogP contribution in [0.1, 0.15) is 24.2 Å². The molecule has 0 radical (unpaired) electrons. The quantitative estimate of drug-likeness (QED) is 0.893. The second-order valence-corrected chi connectivity index (χ2v) is 7.00. The topological polar surface area (TPSA) is 80.5 Å². The molecule has 0 aliphatic carbocycles. The smallest absolute Gasteiger partial charge is 0.255 e. The number of nitrogens with two attached hydrogens (primary N) is 1. The fourth-order valence-electron chi connectivity index (χ4n) is 2.40. The molecule has 2 atom stereocenters. The first-order valence-electron chi connectivity index (χ1n) is 6.42. The first-order chi connectivity index (χ1) is 9.61. The van der Waals surface area contributed by atoms with Crippen LogP contribution < -0.4 is 5.14 Å². The standard InChI is InChI=1S/C13H16F2N2O3S/c1-7-5-17(6-8(7)2)13(18)9-3-10(14)11(15)4-12(9)21(16,19)20/h3-4,7-8H,5-6H2,1-2H3,(H2,16,19,20). The van der Waals surface area contributed by atoms with Gasteiger partial charge in [0, 0.05) is 13.1 Å². The van der Waals surface area contributed by atoms with Crippen molar-refractivity contribution in [3.05, 3.63) is 29.3 Å². The lowest BCUT2D eigenvalue weighted by atomic mass is 10.0. The molecule has 1 saturated heterocycles. The van der Waals surface area contributed by atoms with E-state index in [0.29, 0.717) is 25.2 Å². The van der Waals surface area contributed by atoms with Crippen molar-refractivity contribution < 1.29 is 22.0 Å². The molecular weight excluding hydrogens is 302 g/mol. The SMILES string of the molecule is CC1CN(C(=O)c2cc(F)c(F)cc2S(N)(=O)=O)CC1C. The zero-order chi connectivity index (χ0) is 15.9. The second-order valence-electron chi connectivity index (χ2n) is 5.47. The Morgan fingerprint density at radius 1 is 1.19 bits per heavy atom. The van der Waals surface area contributed by atoms with Gasteiger partial charge in [-0.2, -0.15) is 0 Å². The van der Waals surface area contributed by atoms with Crippen LogP contribution >= 0.6 is 0 Å². The molecule has 8 heteroatoms. The van der Waals surface area contributed by atoms with Crippen molar-refractivity contribution in [1.82, 2.24) is 4.90 Å². The van der Waals surface area contributed by atoms with Crippen molar-refractivity contribution in [2.45, 2.75) is 18.7 Å². The first kappa shape index (κ1) is 15.8. The number of carbonyl (C=O) groups is 1. The highest BCUT2D eigenvalue weighted by Gasteiger charge is 2.33. The normalized spacial score (nSPS) is 22.6. The molecular formula is C13H16F2N2O3S. The van der Waals surface area contributed by atoms with E-state index < -0.39 is 38.0 Å². The largest absolute Gasteiger partial charge is 0.338 e. The number of benzene rings is 1. The van der Waals surface area contributed by atoms with Crippen LogP contribution in [-0.4, -0.2) is 32.3 Å². The number of sulfonamides is 1. The number of carbonyl (C=O) groups excluding carboxylic acids is 1. The van der Waals surface area contributed by atoms with Gasteiger partial charge in [0.2, 0.25) is 10.0 Å². The molecule has 21 heavy (non-hydrogen) atoms. The fourth-order valence-corrected chi connectivity index (χ4v) is 3.12. The Bertz CT molecular complexity index is 681. The first-order valence-corrected chi connectivity index (χ1v) is 7.97. The van der Waals surface area contributed by atoms with Crippen molar-refractivity contribution in [2.75, 3.05) is 13.1 Å². The van der Waals surface area contributed by atoms with E-state index in [0.717, 1.165) is 0 Å². The number of amides is 1. The molecule has 2 N–H and O–H groups in total. The summed E-state index contributed by atoms with van der Waals surface area (Å²) in [7, 11) is -4.33. The third-order valence-corrected chi connectivity index (χ3v) is 4.79. The molecule has 1 aromatic rings. The Morgan fingerprint density at radius 2 is 1.67 bits per heavy atom. The third kappa shape index (κ3) is 3.06. The van der Waals surface area contributed by atoms with Crippen molar-refractivity contribution in [3.8, 4) is 0 Å². The molecule has 0 bridgehead atoms. The Hall–Kier alpha value is -1.54. The van der Waals surface area contributed by atoms with Crippen LogP contribution in [0.25, 0.3) is 0 Å². The van der Waals surface area contributed by atoms with Gasteiger partial charge in [-0.1, -0.05) is 13.8 Å². The van der Waals surface area contributed by atoms with Gasteiger partial charge < -0.3 is 4.90 Å². The van der Waals surface area contributed by atoms with E-state index in [4.69, 9.17) is 5.14 Å². The van der Waals surface area contributed by atoms with Gasteiger partial charge in [0.25, 0.3) is 5.91 Å². The van der Waals surface area contributed by atoms with E-state index in [1.807, 2.05) is 13.8 Å². The number of nitrogens with zero attached hydrogens (tertiary/aromatic N) is 1. The number of primary sulfonamides is 1. The highest BCUT2D eigenvalue weighted by molar-refractivity contribution is 7.89. The summed E-state index contributed by atoms with van der Waals surface area (Å²) in [6.07, 6.45) is 0. The van der Waals surface area contributed by atoms with Gasteiger partial charge in [0.05, 0.1) is 10.5 Å². The van der Waals surface area contributed by atoms with Crippen LogP contribution in [-0.2, 0) is 10.0 Å². The van der Waals surface area contributed by atoms with Gasteiger partial charge in [0.1, 0.15) is 0 Å². The second kappa shape index (κ2) is 5.34. The summed E-state index contributed by atoms with van der Waals surface area (Å²) in [5.74, 6) is -2.81. The van der Waals surface area contributed by atoms with E-state index in [-0.39, 0.29) is 11.8 Å². The molecule has 0 spiro atoms. The molecule has 2 unspecified atom stereocenters. The zero-order valence-electron chi connectivity index (χ0n) is 11.6. The maximum absolute atomic E-state index is 13.4. The lowest BCUT2D eigenvalue weighted by Gasteiger charge is -2.18. The van der Waals surface area contributed by atoms with E-state index in [9.17, 15) is 22.0 Å². The van der Waals surface area contributed by atoms with Crippen molar-refractivity contribution in [3.63, 3.8) is 0 Å². The maximum atomic E-state index is 13.4. The average Bonchev–Trinajstić information content (AvgIpc) is 2.70. The summed E-state index contributed by atoms with van der Waals surface area (Å²) in [5, 5.41) is 4.98. The maximum Gasteiger partial charge on any atom is 0.255 e. The van der Waals surface area contributed by atoms with E-state index in [1.165, 1.54) is 4.90 Å². The fraction of sp³-hybridized carbons (Fsp3) is 0.462. The van der Waals surface area contributed by atoms with Crippen LogP contribution in [0, 0.1) is 23.5 Å². The molecule has 1 aromatic carbocycles. The van der Waals surface area contributed by atoms with Crippen LogP contribution in [0.15, 0.2) is 17.0 Å². The average molecular weight is 318 g/mol. The van der Waals surface area contributed by atoms with Crippen LogP contribution in [0.2, 0.25) is 0 Å². The molecule has 1 amide bonds. The molecule has 116 valence electrons. The predicted octanol–water partition coefficient (Wildman–Crippen LogP) is 1.34. The Kier molecular flexibility index (Phi) is 4.03. The van der Waals surface area contributed by atoms with Crippen LogP contribution in [0.5, 0.6) is 0 Å². The minimum atomic E-state index is -4.33. The molecule has 2 rings (SSSR count). The zero-order valence-corrected chi connectivity index (χ0v) is 12.5. The molecule has 1 aliphatic rings. The highest BCUT2D eigenvalue weighted by atomic mass is 32.2. The number of likely N-dealkylation sites (tertiary alicyclic amines) is 1. The van der Waals surface area contributed by atoms with Gasteiger partial charge in [-0.3, -0.25) is 4.79 Å².